The average molecular weight is 645 g/mol. The van der Waals surface area contributed by atoms with Crippen molar-refractivity contribution in [1.82, 2.24) is 4.57 Å². The molecule has 2 heteroatoms. The molecule has 0 spiro atoms. The molecule has 1 aliphatic carbocycles. The predicted octanol–water partition coefficient (Wildman–Crippen LogP) is 13.2. The first kappa shape index (κ1) is 30.2. The number of aromatic nitrogens is 1. The summed E-state index contributed by atoms with van der Waals surface area (Å²) in [4.78, 5) is 2.40. The molecule has 0 amide bonds. The van der Waals surface area contributed by atoms with Gasteiger partial charge in [-0.15, -0.1) is 0 Å². The molecule has 0 aliphatic heterocycles. The third kappa shape index (κ3) is 5.29. The summed E-state index contributed by atoms with van der Waals surface area (Å²) in [5.41, 5.74) is 12.4. The van der Waals surface area contributed by atoms with Crippen molar-refractivity contribution in [3.8, 4) is 16.8 Å². The zero-order chi connectivity index (χ0) is 33.3. The molecule has 242 valence electrons. The molecule has 50 heavy (non-hydrogen) atoms. The van der Waals surface area contributed by atoms with Crippen molar-refractivity contribution in [2.24, 2.45) is 0 Å². The van der Waals surface area contributed by atoms with Crippen molar-refractivity contribution in [2.45, 2.75) is 37.5 Å². The van der Waals surface area contributed by atoms with Gasteiger partial charge in [0.1, 0.15) is 0 Å². The first-order valence-electron chi connectivity index (χ1n) is 18.0. The first-order chi connectivity index (χ1) is 24.8. The average Bonchev–Trinajstić information content (AvgIpc) is 3.53. The molecule has 0 unspecified atom stereocenters. The lowest BCUT2D eigenvalue weighted by molar-refractivity contribution is 0.346. The van der Waals surface area contributed by atoms with E-state index in [1.54, 1.807) is 0 Å². The number of fused-ring (bicyclic) bond motifs is 3. The normalized spacial score (nSPS) is 14.2. The van der Waals surface area contributed by atoms with Gasteiger partial charge in [-0.3, -0.25) is 0 Å². The molecule has 0 N–H and O–H groups in total. The number of para-hydroxylation sites is 2. The molecule has 1 saturated carbocycles. The fourth-order valence-electron chi connectivity index (χ4n) is 8.42. The maximum absolute atomic E-state index is 2.42. The van der Waals surface area contributed by atoms with Gasteiger partial charge in [0, 0.05) is 38.9 Å². The largest absolute Gasteiger partial charge is 0.310 e. The van der Waals surface area contributed by atoms with E-state index in [4.69, 9.17) is 0 Å². The lowest BCUT2D eigenvalue weighted by atomic mass is 9.65. The Hall–Kier alpha value is -5.86. The Labute approximate surface area is 294 Å². The van der Waals surface area contributed by atoms with E-state index < -0.39 is 0 Å². The summed E-state index contributed by atoms with van der Waals surface area (Å²) in [5, 5.41) is 2.51. The highest BCUT2D eigenvalue weighted by Gasteiger charge is 2.35. The van der Waals surface area contributed by atoms with Crippen LogP contribution in [0.15, 0.2) is 182 Å². The van der Waals surface area contributed by atoms with E-state index in [0.29, 0.717) is 0 Å². The minimum Gasteiger partial charge on any atom is -0.310 e. The lowest BCUT2D eigenvalue weighted by Gasteiger charge is -2.39. The van der Waals surface area contributed by atoms with Gasteiger partial charge >= 0.3 is 0 Å². The van der Waals surface area contributed by atoms with Crippen molar-refractivity contribution < 1.29 is 0 Å². The van der Waals surface area contributed by atoms with Crippen LogP contribution in [0.1, 0.15) is 43.2 Å². The SMILES string of the molecule is c1ccc(-c2ccc(-n3c4ccccc4c4ccc(N(c5ccccc5)c5ccc(C6(c7ccccc7)CCCCC6)cc5)cc43)cc2)cc1. The van der Waals surface area contributed by atoms with Gasteiger partial charge in [0.15, 0.2) is 0 Å². The molecule has 1 fully saturated rings. The first-order valence-corrected chi connectivity index (χ1v) is 18.0. The molecule has 1 aliphatic rings. The minimum absolute atomic E-state index is 0.0749. The van der Waals surface area contributed by atoms with Crippen LogP contribution in [-0.2, 0) is 5.41 Å². The highest BCUT2D eigenvalue weighted by molar-refractivity contribution is 6.10. The van der Waals surface area contributed by atoms with Crippen LogP contribution in [-0.4, -0.2) is 4.57 Å². The molecule has 8 aromatic rings. The fourth-order valence-corrected chi connectivity index (χ4v) is 8.42. The van der Waals surface area contributed by atoms with Crippen molar-refractivity contribution in [3.05, 3.63) is 193 Å². The smallest absolute Gasteiger partial charge is 0.0561 e. The molecular weight excluding hydrogens is 605 g/mol. The van der Waals surface area contributed by atoms with Gasteiger partial charge in [-0.05, 0) is 89.7 Å². The van der Waals surface area contributed by atoms with Gasteiger partial charge in [-0.2, -0.15) is 0 Å². The van der Waals surface area contributed by atoms with Gasteiger partial charge in [-0.25, -0.2) is 0 Å². The molecule has 1 heterocycles. The van der Waals surface area contributed by atoms with Gasteiger partial charge < -0.3 is 9.47 Å². The fraction of sp³-hybridized carbons (Fsp3) is 0.125. The molecule has 0 atom stereocenters. The van der Waals surface area contributed by atoms with Crippen LogP contribution >= 0.6 is 0 Å². The van der Waals surface area contributed by atoms with E-state index in [2.05, 4.69) is 191 Å². The second-order valence-electron chi connectivity index (χ2n) is 13.7. The third-order valence-electron chi connectivity index (χ3n) is 10.9. The zero-order valence-corrected chi connectivity index (χ0v) is 28.3. The molecule has 0 bridgehead atoms. The number of rotatable bonds is 7. The number of anilines is 3. The Morgan fingerprint density at radius 2 is 0.940 bits per heavy atom. The molecule has 0 saturated heterocycles. The van der Waals surface area contributed by atoms with Crippen LogP contribution in [0.3, 0.4) is 0 Å². The predicted molar refractivity (Wildman–Crippen MR) is 211 cm³/mol. The molecule has 0 radical (unpaired) electrons. The van der Waals surface area contributed by atoms with E-state index in [0.717, 1.165) is 22.7 Å². The highest BCUT2D eigenvalue weighted by atomic mass is 15.1. The topological polar surface area (TPSA) is 8.17 Å². The summed E-state index contributed by atoms with van der Waals surface area (Å²) in [6.45, 7) is 0. The Balaban J connectivity index is 1.17. The lowest BCUT2D eigenvalue weighted by Crippen LogP contribution is -2.30. The maximum atomic E-state index is 2.42. The number of hydrogen-bond acceptors (Lipinski definition) is 1. The van der Waals surface area contributed by atoms with Crippen LogP contribution in [0.2, 0.25) is 0 Å². The van der Waals surface area contributed by atoms with Crippen LogP contribution in [0.25, 0.3) is 38.6 Å². The quantitative estimate of drug-likeness (QED) is 0.168. The molecule has 9 rings (SSSR count). The van der Waals surface area contributed by atoms with Crippen molar-refractivity contribution >= 4 is 38.9 Å². The summed E-state index contributed by atoms with van der Waals surface area (Å²) < 4.78 is 2.42. The van der Waals surface area contributed by atoms with Crippen LogP contribution in [0, 0.1) is 0 Å². The van der Waals surface area contributed by atoms with Gasteiger partial charge in [0.2, 0.25) is 0 Å². The van der Waals surface area contributed by atoms with Crippen molar-refractivity contribution in [2.75, 3.05) is 4.90 Å². The van der Waals surface area contributed by atoms with Gasteiger partial charge in [-0.1, -0.05) is 147 Å². The standard InChI is InChI=1S/C48H40N2/c1-5-15-36(16-6-1)37-23-27-42(28-24-37)50-46-22-12-11-21-44(46)45-32-31-43(35-47(45)50)49(40-19-9-3-10-20-40)41-29-25-39(26-30-41)48(33-13-4-14-34-48)38-17-7-2-8-18-38/h1-3,5-12,15-32,35H,4,13-14,33-34H2. The second-order valence-corrected chi connectivity index (χ2v) is 13.7. The van der Waals surface area contributed by atoms with Gasteiger partial charge in [0.05, 0.1) is 11.0 Å². The third-order valence-corrected chi connectivity index (χ3v) is 10.9. The highest BCUT2D eigenvalue weighted by Crippen LogP contribution is 2.46. The summed E-state index contributed by atoms with van der Waals surface area (Å²) >= 11 is 0. The Morgan fingerprint density at radius 1 is 0.400 bits per heavy atom. The monoisotopic (exact) mass is 644 g/mol. The summed E-state index contributed by atoms with van der Waals surface area (Å²) in [6.07, 6.45) is 6.27. The van der Waals surface area contributed by atoms with Crippen LogP contribution < -0.4 is 4.90 Å². The summed E-state index contributed by atoms with van der Waals surface area (Å²) in [7, 11) is 0. The van der Waals surface area contributed by atoms with E-state index in [-0.39, 0.29) is 5.41 Å². The van der Waals surface area contributed by atoms with E-state index in [1.165, 1.54) is 76.2 Å². The van der Waals surface area contributed by atoms with Crippen LogP contribution in [0.5, 0.6) is 0 Å². The molecular formula is C48H40N2. The van der Waals surface area contributed by atoms with Crippen molar-refractivity contribution in [3.63, 3.8) is 0 Å². The second kappa shape index (κ2) is 12.9. The van der Waals surface area contributed by atoms with E-state index in [9.17, 15) is 0 Å². The minimum atomic E-state index is 0.0749. The van der Waals surface area contributed by atoms with E-state index in [1.807, 2.05) is 0 Å². The van der Waals surface area contributed by atoms with Crippen LogP contribution in [0.4, 0.5) is 17.1 Å². The molecule has 7 aromatic carbocycles. The maximum Gasteiger partial charge on any atom is 0.0561 e. The Kier molecular flexibility index (Phi) is 7.78. The Morgan fingerprint density at radius 3 is 1.66 bits per heavy atom. The Bertz CT molecular complexity index is 2370. The van der Waals surface area contributed by atoms with E-state index >= 15 is 0 Å². The van der Waals surface area contributed by atoms with Gasteiger partial charge in [0.25, 0.3) is 0 Å². The van der Waals surface area contributed by atoms with Crippen molar-refractivity contribution in [1.29, 1.82) is 0 Å². The molecule has 1 aromatic heterocycles. The molecule has 2 nitrogen and oxygen atoms in total. The summed E-state index contributed by atoms with van der Waals surface area (Å²) in [5.74, 6) is 0. The number of nitrogens with zero attached hydrogens (tertiary/aromatic N) is 2. The number of benzene rings is 7. The number of hydrogen-bond donors (Lipinski definition) is 0. The summed E-state index contributed by atoms with van der Waals surface area (Å²) in [6, 6.07) is 66.8. The zero-order valence-electron chi connectivity index (χ0n) is 28.3.